The van der Waals surface area contributed by atoms with Gasteiger partial charge in [0, 0.05) is 11.9 Å². The molecule has 1 N–H and O–H groups in total. The predicted molar refractivity (Wildman–Crippen MR) is 92.5 cm³/mol. The average Bonchev–Trinajstić information content (AvgIpc) is 2.51. The summed E-state index contributed by atoms with van der Waals surface area (Å²) in [4.78, 5) is 23.7. The molecule has 0 aliphatic carbocycles. The predicted octanol–water partition coefficient (Wildman–Crippen LogP) is 4.06. The number of rotatable bonds is 5. The fraction of sp³-hybridized carbons (Fsp3) is 0.222. The molecule has 0 unspecified atom stereocenters. The van der Waals surface area contributed by atoms with E-state index in [1.54, 1.807) is 62.4 Å². The normalized spacial score (nSPS) is 10.8. The third-order valence-electron chi connectivity index (χ3n) is 3.12. The Kier molecular flexibility index (Phi) is 5.46. The molecule has 2 aromatic rings. The molecular formula is C18H18ClNO4. The first kappa shape index (κ1) is 17.8. The number of halogens is 1. The van der Waals surface area contributed by atoms with Crippen LogP contribution in [-0.4, -0.2) is 17.5 Å². The highest BCUT2D eigenvalue weighted by molar-refractivity contribution is 6.30. The van der Waals surface area contributed by atoms with Crippen LogP contribution in [0.1, 0.15) is 20.8 Å². The summed E-state index contributed by atoms with van der Waals surface area (Å²) in [5.41, 5.74) is -0.748. The highest BCUT2D eigenvalue weighted by atomic mass is 35.5. The molecule has 0 aromatic heterocycles. The van der Waals surface area contributed by atoms with Crippen LogP contribution in [0.25, 0.3) is 0 Å². The molecule has 1 amide bonds. The lowest BCUT2D eigenvalue weighted by Gasteiger charge is -2.25. The summed E-state index contributed by atoms with van der Waals surface area (Å²) >= 11 is 5.84. The Balaban J connectivity index is 2.13. The maximum absolute atomic E-state index is 12.5. The van der Waals surface area contributed by atoms with Crippen molar-refractivity contribution < 1.29 is 19.1 Å². The Hall–Kier alpha value is -2.53. The van der Waals surface area contributed by atoms with Crippen LogP contribution in [0.2, 0.25) is 5.02 Å². The first-order valence-corrected chi connectivity index (χ1v) is 7.69. The number of para-hydroxylation sites is 2. The Labute approximate surface area is 145 Å². The van der Waals surface area contributed by atoms with Crippen molar-refractivity contribution in [3.8, 4) is 11.5 Å². The Bertz CT molecular complexity index is 741. The standard InChI is InChI=1S/C18H18ClNO4/c1-12(21)23-16-7-5-4-6-15(16)20-17(22)18(2,3)24-14-10-8-13(19)9-11-14/h4-11H,1-3H3,(H,20,22). The number of nitrogens with one attached hydrogen (secondary N) is 1. The van der Waals surface area contributed by atoms with Crippen LogP contribution < -0.4 is 14.8 Å². The van der Waals surface area contributed by atoms with Gasteiger partial charge in [-0.3, -0.25) is 9.59 Å². The van der Waals surface area contributed by atoms with Gasteiger partial charge in [-0.2, -0.15) is 0 Å². The molecule has 24 heavy (non-hydrogen) atoms. The molecular weight excluding hydrogens is 330 g/mol. The molecule has 0 aliphatic rings. The zero-order valence-electron chi connectivity index (χ0n) is 13.6. The molecule has 0 saturated heterocycles. The SMILES string of the molecule is CC(=O)Oc1ccccc1NC(=O)C(C)(C)Oc1ccc(Cl)cc1. The van der Waals surface area contributed by atoms with E-state index in [0.717, 1.165) is 0 Å². The van der Waals surface area contributed by atoms with Gasteiger partial charge in [0.15, 0.2) is 11.4 Å². The van der Waals surface area contributed by atoms with E-state index in [9.17, 15) is 9.59 Å². The van der Waals surface area contributed by atoms with Gasteiger partial charge in [0.25, 0.3) is 5.91 Å². The van der Waals surface area contributed by atoms with Gasteiger partial charge >= 0.3 is 5.97 Å². The van der Waals surface area contributed by atoms with E-state index in [2.05, 4.69) is 5.32 Å². The highest BCUT2D eigenvalue weighted by Crippen LogP contribution is 2.26. The fourth-order valence-electron chi connectivity index (χ4n) is 1.93. The number of hydrogen-bond acceptors (Lipinski definition) is 4. The Morgan fingerprint density at radius 2 is 1.67 bits per heavy atom. The molecule has 0 bridgehead atoms. The minimum absolute atomic E-state index is 0.278. The van der Waals surface area contributed by atoms with E-state index in [1.807, 2.05) is 0 Å². The summed E-state index contributed by atoms with van der Waals surface area (Å²) < 4.78 is 10.8. The van der Waals surface area contributed by atoms with E-state index < -0.39 is 11.6 Å². The molecule has 0 aliphatic heterocycles. The zero-order chi connectivity index (χ0) is 17.7. The molecule has 0 radical (unpaired) electrons. The molecule has 0 saturated carbocycles. The summed E-state index contributed by atoms with van der Waals surface area (Å²) in [6.07, 6.45) is 0. The number of carbonyl (C=O) groups excluding carboxylic acids is 2. The van der Waals surface area contributed by atoms with Gasteiger partial charge < -0.3 is 14.8 Å². The number of anilines is 1. The van der Waals surface area contributed by atoms with E-state index in [1.165, 1.54) is 6.92 Å². The second kappa shape index (κ2) is 7.36. The third kappa shape index (κ3) is 4.73. The number of hydrogen-bond donors (Lipinski definition) is 1. The number of benzene rings is 2. The van der Waals surface area contributed by atoms with Crippen LogP contribution in [0, 0.1) is 0 Å². The first-order chi connectivity index (χ1) is 11.3. The lowest BCUT2D eigenvalue weighted by molar-refractivity contribution is -0.132. The first-order valence-electron chi connectivity index (χ1n) is 7.31. The Morgan fingerprint density at radius 1 is 1.04 bits per heavy atom. The van der Waals surface area contributed by atoms with Crippen molar-refractivity contribution in [2.24, 2.45) is 0 Å². The monoisotopic (exact) mass is 347 g/mol. The van der Waals surface area contributed by atoms with E-state index in [-0.39, 0.29) is 11.7 Å². The third-order valence-corrected chi connectivity index (χ3v) is 3.37. The van der Waals surface area contributed by atoms with Gasteiger partial charge in [0.1, 0.15) is 5.75 Å². The largest absolute Gasteiger partial charge is 0.478 e. The van der Waals surface area contributed by atoms with Gasteiger partial charge in [-0.05, 0) is 50.2 Å². The van der Waals surface area contributed by atoms with Crippen molar-refractivity contribution in [3.63, 3.8) is 0 Å². The van der Waals surface area contributed by atoms with Crippen molar-refractivity contribution in [2.45, 2.75) is 26.4 Å². The number of ether oxygens (including phenoxy) is 2. The number of amides is 1. The van der Waals surface area contributed by atoms with Gasteiger partial charge in [0.2, 0.25) is 0 Å². The smallest absolute Gasteiger partial charge is 0.308 e. The Morgan fingerprint density at radius 3 is 2.29 bits per heavy atom. The quantitative estimate of drug-likeness (QED) is 0.654. The molecule has 5 nitrogen and oxygen atoms in total. The molecule has 6 heteroatoms. The van der Waals surface area contributed by atoms with Gasteiger partial charge in [-0.1, -0.05) is 23.7 Å². The van der Waals surface area contributed by atoms with Crippen molar-refractivity contribution in [1.82, 2.24) is 0 Å². The summed E-state index contributed by atoms with van der Waals surface area (Å²) in [5.74, 6) is -0.0427. The minimum Gasteiger partial charge on any atom is -0.478 e. The lowest BCUT2D eigenvalue weighted by Crippen LogP contribution is -2.42. The molecule has 126 valence electrons. The average molecular weight is 348 g/mol. The molecule has 0 spiro atoms. The molecule has 0 atom stereocenters. The maximum Gasteiger partial charge on any atom is 0.308 e. The minimum atomic E-state index is -1.14. The molecule has 2 aromatic carbocycles. The molecule has 2 rings (SSSR count). The maximum atomic E-state index is 12.5. The van der Waals surface area contributed by atoms with Crippen LogP contribution in [0.3, 0.4) is 0 Å². The summed E-state index contributed by atoms with van der Waals surface area (Å²) in [6.45, 7) is 4.59. The van der Waals surface area contributed by atoms with Crippen molar-refractivity contribution in [1.29, 1.82) is 0 Å². The second-order valence-corrected chi connectivity index (χ2v) is 6.05. The van der Waals surface area contributed by atoms with Crippen LogP contribution in [0.15, 0.2) is 48.5 Å². The zero-order valence-corrected chi connectivity index (χ0v) is 14.4. The number of carbonyl (C=O) groups is 2. The summed E-state index contributed by atoms with van der Waals surface area (Å²) in [6, 6.07) is 13.4. The van der Waals surface area contributed by atoms with Gasteiger partial charge in [0.05, 0.1) is 5.69 Å². The highest BCUT2D eigenvalue weighted by Gasteiger charge is 2.30. The van der Waals surface area contributed by atoms with Crippen LogP contribution in [0.5, 0.6) is 11.5 Å². The number of esters is 1. The molecule has 0 fully saturated rings. The fourth-order valence-corrected chi connectivity index (χ4v) is 2.06. The van der Waals surface area contributed by atoms with Crippen molar-refractivity contribution in [3.05, 3.63) is 53.6 Å². The van der Waals surface area contributed by atoms with E-state index in [4.69, 9.17) is 21.1 Å². The topological polar surface area (TPSA) is 64.6 Å². The van der Waals surface area contributed by atoms with Gasteiger partial charge in [-0.25, -0.2) is 0 Å². The second-order valence-electron chi connectivity index (χ2n) is 5.61. The van der Waals surface area contributed by atoms with Crippen molar-refractivity contribution in [2.75, 3.05) is 5.32 Å². The van der Waals surface area contributed by atoms with Crippen LogP contribution in [0.4, 0.5) is 5.69 Å². The summed E-state index contributed by atoms with van der Waals surface area (Å²) in [7, 11) is 0. The summed E-state index contributed by atoms with van der Waals surface area (Å²) in [5, 5.41) is 3.30. The van der Waals surface area contributed by atoms with Crippen LogP contribution >= 0.6 is 11.6 Å². The molecule has 0 heterocycles. The van der Waals surface area contributed by atoms with E-state index >= 15 is 0 Å². The van der Waals surface area contributed by atoms with Crippen molar-refractivity contribution >= 4 is 29.2 Å². The van der Waals surface area contributed by atoms with Gasteiger partial charge in [-0.15, -0.1) is 0 Å². The van der Waals surface area contributed by atoms with Crippen LogP contribution in [-0.2, 0) is 9.59 Å². The lowest BCUT2D eigenvalue weighted by atomic mass is 10.1. The van der Waals surface area contributed by atoms with E-state index in [0.29, 0.717) is 16.5 Å².